The third kappa shape index (κ3) is 5.12. The molecule has 4 rings (SSSR count). The summed E-state index contributed by atoms with van der Waals surface area (Å²) in [7, 11) is 1.24. The van der Waals surface area contributed by atoms with Crippen LogP contribution in [-0.4, -0.2) is 41.2 Å². The molecule has 0 aromatic heterocycles. The Bertz CT molecular complexity index is 1480. The number of esters is 1. The Kier molecular flexibility index (Phi) is 7.03. The highest BCUT2D eigenvalue weighted by atomic mass is 19.4. The monoisotopic (exact) mass is 542 g/mol. The lowest BCUT2D eigenvalue weighted by molar-refractivity contribution is -0.140. The molecular formula is C28H22F4N2O5. The molecule has 0 spiro atoms. The maximum Gasteiger partial charge on any atom is 0.419 e. The van der Waals surface area contributed by atoms with Crippen molar-refractivity contribution < 1.29 is 41.5 Å². The van der Waals surface area contributed by atoms with E-state index in [-0.39, 0.29) is 23.5 Å². The van der Waals surface area contributed by atoms with E-state index in [9.17, 15) is 36.7 Å². The molecule has 1 fully saturated rings. The van der Waals surface area contributed by atoms with Crippen LogP contribution in [0.1, 0.15) is 51.3 Å². The number of hydrogen-bond acceptors (Lipinski definition) is 5. The van der Waals surface area contributed by atoms with E-state index in [0.29, 0.717) is 28.2 Å². The van der Waals surface area contributed by atoms with E-state index in [2.05, 4.69) is 4.74 Å². The van der Waals surface area contributed by atoms with Crippen molar-refractivity contribution in [2.45, 2.75) is 32.1 Å². The molecular weight excluding hydrogens is 520 g/mol. The van der Waals surface area contributed by atoms with Crippen molar-refractivity contribution >= 4 is 29.4 Å². The first-order valence-corrected chi connectivity index (χ1v) is 11.6. The molecule has 3 amide bonds. The first kappa shape index (κ1) is 27.5. The van der Waals surface area contributed by atoms with Crippen molar-refractivity contribution in [3.8, 4) is 0 Å². The second-order valence-corrected chi connectivity index (χ2v) is 9.33. The Morgan fingerprint density at radius 1 is 0.897 bits per heavy atom. The van der Waals surface area contributed by atoms with E-state index in [4.69, 9.17) is 0 Å². The van der Waals surface area contributed by atoms with Crippen LogP contribution in [0.5, 0.6) is 0 Å². The summed E-state index contributed by atoms with van der Waals surface area (Å²) in [6.07, 6.45) is -5.02. The van der Waals surface area contributed by atoms with Gasteiger partial charge in [-0.3, -0.25) is 9.59 Å². The van der Waals surface area contributed by atoms with Gasteiger partial charge in [0.15, 0.2) is 5.78 Å². The molecule has 3 aromatic rings. The molecule has 0 saturated carbocycles. The maximum atomic E-state index is 13.8. The average Bonchev–Trinajstić information content (AvgIpc) is 3.07. The molecule has 202 valence electrons. The van der Waals surface area contributed by atoms with Crippen LogP contribution in [0.4, 0.5) is 28.0 Å². The van der Waals surface area contributed by atoms with Gasteiger partial charge in [-0.2, -0.15) is 13.2 Å². The number of halogens is 4. The van der Waals surface area contributed by atoms with Crippen molar-refractivity contribution in [1.29, 1.82) is 0 Å². The summed E-state index contributed by atoms with van der Waals surface area (Å²) in [6.45, 7) is 2.75. The lowest BCUT2D eigenvalue weighted by Crippen LogP contribution is -2.43. The Labute approximate surface area is 220 Å². The Morgan fingerprint density at radius 2 is 1.54 bits per heavy atom. The molecule has 1 aliphatic heterocycles. The van der Waals surface area contributed by atoms with Gasteiger partial charge in [0, 0.05) is 17.7 Å². The standard InChI is InChI=1S/C28H22F4N2O5/c1-27(2)25(37)34(20-11-12-22(29)21(14-20)28(30,31)32)26(38)33(27)15-16-5-4-6-19(13-16)23(35)17-7-9-18(10-8-17)24(36)39-3/h4-14H,15H2,1-3H3. The highest BCUT2D eigenvalue weighted by molar-refractivity contribution is 6.23. The third-order valence-electron chi connectivity index (χ3n) is 6.44. The summed E-state index contributed by atoms with van der Waals surface area (Å²) >= 11 is 0. The van der Waals surface area contributed by atoms with Crippen molar-refractivity contribution in [3.63, 3.8) is 0 Å². The molecule has 1 heterocycles. The molecule has 3 aromatic carbocycles. The number of methoxy groups -OCH3 is 1. The van der Waals surface area contributed by atoms with Gasteiger partial charge in [-0.05, 0) is 55.8 Å². The lowest BCUT2D eigenvalue weighted by Gasteiger charge is -2.27. The zero-order valence-corrected chi connectivity index (χ0v) is 21.0. The summed E-state index contributed by atoms with van der Waals surface area (Å²) in [5.41, 5.74) is -2.12. The Morgan fingerprint density at radius 3 is 2.15 bits per heavy atom. The topological polar surface area (TPSA) is 84.0 Å². The Balaban J connectivity index is 1.60. The van der Waals surface area contributed by atoms with Crippen LogP contribution >= 0.6 is 0 Å². The van der Waals surface area contributed by atoms with Crippen molar-refractivity contribution in [1.82, 2.24) is 4.90 Å². The van der Waals surface area contributed by atoms with Gasteiger partial charge in [0.2, 0.25) is 0 Å². The van der Waals surface area contributed by atoms with Crippen LogP contribution in [0.2, 0.25) is 0 Å². The molecule has 1 aliphatic rings. The largest absolute Gasteiger partial charge is 0.465 e. The fourth-order valence-corrected chi connectivity index (χ4v) is 4.23. The second-order valence-electron chi connectivity index (χ2n) is 9.33. The van der Waals surface area contributed by atoms with Crippen LogP contribution in [0.15, 0.2) is 66.7 Å². The average molecular weight is 542 g/mol. The van der Waals surface area contributed by atoms with E-state index < -0.39 is 46.7 Å². The molecule has 0 N–H and O–H groups in total. The molecule has 7 nitrogen and oxygen atoms in total. The predicted molar refractivity (Wildman–Crippen MR) is 132 cm³/mol. The molecule has 11 heteroatoms. The summed E-state index contributed by atoms with van der Waals surface area (Å²) in [4.78, 5) is 52.8. The number of amides is 3. The molecule has 1 saturated heterocycles. The van der Waals surface area contributed by atoms with Gasteiger partial charge in [-0.1, -0.05) is 30.3 Å². The quantitative estimate of drug-likeness (QED) is 0.175. The number of rotatable bonds is 6. The van der Waals surface area contributed by atoms with Crippen molar-refractivity contribution in [2.24, 2.45) is 0 Å². The van der Waals surface area contributed by atoms with Gasteiger partial charge in [-0.15, -0.1) is 0 Å². The zero-order valence-electron chi connectivity index (χ0n) is 21.0. The number of hydrogen-bond donors (Lipinski definition) is 0. The van der Waals surface area contributed by atoms with E-state index in [1.54, 1.807) is 18.2 Å². The minimum absolute atomic E-state index is 0.135. The van der Waals surface area contributed by atoms with Crippen LogP contribution < -0.4 is 4.90 Å². The summed E-state index contributed by atoms with van der Waals surface area (Å²) < 4.78 is 58.1. The van der Waals surface area contributed by atoms with Gasteiger partial charge in [0.1, 0.15) is 11.4 Å². The van der Waals surface area contributed by atoms with E-state index in [1.165, 1.54) is 56.2 Å². The molecule has 0 aliphatic carbocycles. The number of ether oxygens (including phenoxy) is 1. The zero-order chi connectivity index (χ0) is 28.7. The second kappa shape index (κ2) is 9.97. The SMILES string of the molecule is COC(=O)c1ccc(C(=O)c2cccc(CN3C(=O)N(c4ccc(F)c(C(F)(F)F)c4)C(=O)C3(C)C)c2)cc1. The number of imide groups is 1. The predicted octanol–water partition coefficient (Wildman–Crippen LogP) is 5.61. The van der Waals surface area contributed by atoms with Gasteiger partial charge in [-0.25, -0.2) is 18.9 Å². The number of carbonyl (C=O) groups is 4. The van der Waals surface area contributed by atoms with Crippen LogP contribution in [0.3, 0.4) is 0 Å². The van der Waals surface area contributed by atoms with Gasteiger partial charge in [0.05, 0.1) is 23.9 Å². The van der Waals surface area contributed by atoms with Gasteiger partial charge < -0.3 is 9.64 Å². The molecule has 0 radical (unpaired) electrons. The number of alkyl halides is 3. The lowest BCUT2D eigenvalue weighted by atomic mass is 9.99. The minimum atomic E-state index is -5.02. The van der Waals surface area contributed by atoms with E-state index in [1.807, 2.05) is 0 Å². The van der Waals surface area contributed by atoms with E-state index >= 15 is 0 Å². The van der Waals surface area contributed by atoms with Gasteiger partial charge in [0.25, 0.3) is 5.91 Å². The molecule has 0 bridgehead atoms. The maximum absolute atomic E-state index is 13.8. The van der Waals surface area contributed by atoms with Crippen LogP contribution in [0.25, 0.3) is 0 Å². The van der Waals surface area contributed by atoms with E-state index in [0.717, 1.165) is 6.07 Å². The van der Waals surface area contributed by atoms with Crippen LogP contribution in [-0.2, 0) is 22.3 Å². The minimum Gasteiger partial charge on any atom is -0.465 e. The number of anilines is 1. The fourth-order valence-electron chi connectivity index (χ4n) is 4.23. The summed E-state index contributed by atoms with van der Waals surface area (Å²) in [5.74, 6) is -3.22. The molecule has 0 unspecified atom stereocenters. The first-order chi connectivity index (χ1) is 18.3. The molecule has 0 atom stereocenters. The Hall–Kier alpha value is -4.54. The van der Waals surface area contributed by atoms with Crippen molar-refractivity contribution in [2.75, 3.05) is 12.0 Å². The summed E-state index contributed by atoms with van der Waals surface area (Å²) in [5, 5.41) is 0. The number of ketones is 1. The third-order valence-corrected chi connectivity index (χ3v) is 6.44. The highest BCUT2D eigenvalue weighted by Crippen LogP contribution is 2.38. The highest BCUT2D eigenvalue weighted by Gasteiger charge is 2.52. The first-order valence-electron chi connectivity index (χ1n) is 11.6. The number of carbonyl (C=O) groups excluding carboxylic acids is 4. The summed E-state index contributed by atoms with van der Waals surface area (Å²) in [6, 6.07) is 13.2. The smallest absolute Gasteiger partial charge is 0.419 e. The van der Waals surface area contributed by atoms with Crippen LogP contribution in [0, 0.1) is 5.82 Å². The van der Waals surface area contributed by atoms with Crippen molar-refractivity contribution in [3.05, 3.63) is 100 Å². The number of urea groups is 1. The normalized spacial score (nSPS) is 15.1. The molecule has 39 heavy (non-hydrogen) atoms. The number of nitrogens with zero attached hydrogens (tertiary/aromatic N) is 2. The van der Waals surface area contributed by atoms with Gasteiger partial charge >= 0.3 is 18.2 Å². The number of benzene rings is 3. The fraction of sp³-hybridized carbons (Fsp3) is 0.214.